The number of fused-ring (bicyclic) bond motifs is 1. The first-order chi connectivity index (χ1) is 7.18. The lowest BCUT2D eigenvalue weighted by Gasteiger charge is -2.11. The van der Waals surface area contributed by atoms with E-state index in [0.717, 1.165) is 5.39 Å². The second-order valence-electron chi connectivity index (χ2n) is 3.01. The van der Waals surface area contributed by atoms with Gasteiger partial charge in [-0.15, -0.1) is 0 Å². The number of carboxylic acid groups (broad SMARTS) is 1. The number of rotatable bonds is 1. The highest BCUT2D eigenvalue weighted by atomic mass is 16.4. The van der Waals surface area contributed by atoms with E-state index >= 15 is 0 Å². The molecule has 0 aliphatic rings. The molecule has 1 amide bonds. The second kappa shape index (κ2) is 3.55. The molecule has 2 rings (SSSR count). The quantitative estimate of drug-likeness (QED) is 0.419. The molecule has 1 aromatic heterocycles. The highest BCUT2D eigenvalue weighted by molar-refractivity contribution is 5.86. The summed E-state index contributed by atoms with van der Waals surface area (Å²) in [6.07, 6.45) is -1.24. The van der Waals surface area contributed by atoms with Gasteiger partial charge in [-0.1, -0.05) is 18.2 Å². The molecule has 0 radical (unpaired) electrons. The molecule has 0 fully saturated rings. The Kier molecular flexibility index (Phi) is 2.23. The zero-order chi connectivity index (χ0) is 10.8. The Morgan fingerprint density at radius 1 is 1.27 bits per heavy atom. The molecular formula is C10H9N3O2. The molecule has 0 aliphatic heterocycles. The number of hydrazine groups is 1. The van der Waals surface area contributed by atoms with Crippen LogP contribution in [0.4, 0.5) is 10.6 Å². The third-order valence-corrected chi connectivity index (χ3v) is 2.04. The van der Waals surface area contributed by atoms with Crippen LogP contribution < -0.4 is 10.9 Å². The molecule has 1 heterocycles. The number of pyridine rings is 1. The Hall–Kier alpha value is -2.14. The molecule has 0 bridgehead atoms. The van der Waals surface area contributed by atoms with Crippen molar-refractivity contribution in [1.82, 2.24) is 4.98 Å². The Balaban J connectivity index is 2.51. The largest absolute Gasteiger partial charge is 0.464 e. The zero-order valence-corrected chi connectivity index (χ0v) is 7.79. The molecular weight excluding hydrogens is 194 g/mol. The summed E-state index contributed by atoms with van der Waals surface area (Å²) in [6.45, 7) is 0. The van der Waals surface area contributed by atoms with Crippen LogP contribution in [0, 0.1) is 0 Å². The van der Waals surface area contributed by atoms with E-state index in [9.17, 15) is 4.79 Å². The number of hydrogen-bond acceptors (Lipinski definition) is 3. The third kappa shape index (κ3) is 1.72. The second-order valence-corrected chi connectivity index (χ2v) is 3.01. The number of benzene rings is 1. The SMILES string of the molecule is NN(C(=O)O)c1ccc2ccccc2n1. The lowest BCUT2D eigenvalue weighted by atomic mass is 10.2. The first kappa shape index (κ1) is 9.42. The van der Waals surface area contributed by atoms with Crippen molar-refractivity contribution in [2.75, 3.05) is 5.01 Å². The number of nitrogens with zero attached hydrogens (tertiary/aromatic N) is 2. The Morgan fingerprint density at radius 2 is 2.00 bits per heavy atom. The van der Waals surface area contributed by atoms with Crippen molar-refractivity contribution in [2.24, 2.45) is 5.84 Å². The minimum absolute atomic E-state index is 0.209. The van der Waals surface area contributed by atoms with Gasteiger partial charge in [0.2, 0.25) is 0 Å². The number of hydrogen-bond donors (Lipinski definition) is 2. The predicted octanol–water partition coefficient (Wildman–Crippen LogP) is 1.59. The molecule has 0 saturated carbocycles. The van der Waals surface area contributed by atoms with Gasteiger partial charge >= 0.3 is 6.09 Å². The van der Waals surface area contributed by atoms with E-state index in [1.807, 2.05) is 18.2 Å². The van der Waals surface area contributed by atoms with Crippen molar-refractivity contribution in [2.45, 2.75) is 0 Å². The number of amides is 1. The van der Waals surface area contributed by atoms with Crippen LogP contribution in [0.15, 0.2) is 36.4 Å². The molecule has 0 spiro atoms. The van der Waals surface area contributed by atoms with Crippen molar-refractivity contribution in [3.63, 3.8) is 0 Å². The van der Waals surface area contributed by atoms with Gasteiger partial charge in [0.25, 0.3) is 0 Å². The molecule has 0 unspecified atom stereocenters. The monoisotopic (exact) mass is 203 g/mol. The van der Waals surface area contributed by atoms with E-state index in [1.54, 1.807) is 18.2 Å². The van der Waals surface area contributed by atoms with E-state index in [1.165, 1.54) is 0 Å². The van der Waals surface area contributed by atoms with Crippen LogP contribution in [0.5, 0.6) is 0 Å². The van der Waals surface area contributed by atoms with E-state index in [2.05, 4.69) is 4.98 Å². The van der Waals surface area contributed by atoms with E-state index in [-0.39, 0.29) is 5.82 Å². The summed E-state index contributed by atoms with van der Waals surface area (Å²) in [5.41, 5.74) is 0.715. The third-order valence-electron chi connectivity index (χ3n) is 2.04. The van der Waals surface area contributed by atoms with E-state index in [4.69, 9.17) is 10.9 Å². The zero-order valence-electron chi connectivity index (χ0n) is 7.79. The van der Waals surface area contributed by atoms with Gasteiger partial charge in [-0.2, -0.15) is 5.01 Å². The number of nitrogens with two attached hydrogens (primary N) is 1. The minimum atomic E-state index is -1.24. The molecule has 2 aromatic rings. The Morgan fingerprint density at radius 3 is 2.73 bits per heavy atom. The number of aromatic nitrogens is 1. The fourth-order valence-corrected chi connectivity index (χ4v) is 1.29. The first-order valence-corrected chi connectivity index (χ1v) is 4.32. The van der Waals surface area contributed by atoms with Crippen molar-refractivity contribution >= 4 is 22.8 Å². The smallest absolute Gasteiger partial charge is 0.427 e. The number of anilines is 1. The number of para-hydroxylation sites is 1. The standard InChI is InChI=1S/C10H9N3O2/c11-13(10(14)15)9-6-5-7-3-1-2-4-8(7)12-9/h1-6H,11H2,(H,14,15). The molecule has 3 N–H and O–H groups in total. The van der Waals surface area contributed by atoms with Crippen LogP contribution in [0.3, 0.4) is 0 Å². The van der Waals surface area contributed by atoms with E-state index < -0.39 is 6.09 Å². The maximum atomic E-state index is 10.6. The maximum Gasteiger partial charge on any atom is 0.427 e. The Bertz CT molecular complexity index is 513. The summed E-state index contributed by atoms with van der Waals surface area (Å²) in [7, 11) is 0. The van der Waals surface area contributed by atoms with Crippen LogP contribution in [-0.2, 0) is 0 Å². The number of carbonyl (C=O) groups is 1. The topological polar surface area (TPSA) is 79.5 Å². The molecule has 15 heavy (non-hydrogen) atoms. The molecule has 5 nitrogen and oxygen atoms in total. The van der Waals surface area contributed by atoms with Crippen molar-refractivity contribution in [1.29, 1.82) is 0 Å². The summed E-state index contributed by atoms with van der Waals surface area (Å²) in [5.74, 6) is 5.51. The highest BCUT2D eigenvalue weighted by Crippen LogP contribution is 2.15. The molecule has 0 atom stereocenters. The van der Waals surface area contributed by atoms with Crippen LogP contribution in [-0.4, -0.2) is 16.2 Å². The van der Waals surface area contributed by atoms with Gasteiger partial charge in [0.15, 0.2) is 5.82 Å². The molecule has 76 valence electrons. The summed E-state index contributed by atoms with van der Waals surface area (Å²) in [6, 6.07) is 10.8. The van der Waals surface area contributed by atoms with Gasteiger partial charge in [-0.25, -0.2) is 15.6 Å². The Labute approximate surface area is 85.7 Å². The van der Waals surface area contributed by atoms with Gasteiger partial charge in [-0.3, -0.25) is 0 Å². The summed E-state index contributed by atoms with van der Waals surface area (Å²) in [5, 5.41) is 10.2. The lowest BCUT2D eigenvalue weighted by Crippen LogP contribution is -2.36. The molecule has 5 heteroatoms. The van der Waals surface area contributed by atoms with Gasteiger partial charge in [0.05, 0.1) is 5.52 Å². The summed E-state index contributed by atoms with van der Waals surface area (Å²) < 4.78 is 0. The average Bonchev–Trinajstić information content (AvgIpc) is 2.27. The van der Waals surface area contributed by atoms with Gasteiger partial charge < -0.3 is 5.11 Å². The lowest BCUT2D eigenvalue weighted by molar-refractivity contribution is 0.201. The maximum absolute atomic E-state index is 10.6. The molecule has 1 aromatic carbocycles. The van der Waals surface area contributed by atoms with Gasteiger partial charge in [0.1, 0.15) is 0 Å². The molecule has 0 saturated heterocycles. The average molecular weight is 203 g/mol. The summed E-state index contributed by atoms with van der Waals surface area (Å²) >= 11 is 0. The van der Waals surface area contributed by atoms with Crippen LogP contribution in [0.2, 0.25) is 0 Å². The highest BCUT2D eigenvalue weighted by Gasteiger charge is 2.10. The van der Waals surface area contributed by atoms with Crippen LogP contribution >= 0.6 is 0 Å². The fourth-order valence-electron chi connectivity index (χ4n) is 1.29. The van der Waals surface area contributed by atoms with Crippen LogP contribution in [0.25, 0.3) is 10.9 Å². The summed E-state index contributed by atoms with van der Waals surface area (Å²) in [4.78, 5) is 14.7. The van der Waals surface area contributed by atoms with Crippen LogP contribution in [0.1, 0.15) is 0 Å². The van der Waals surface area contributed by atoms with E-state index in [0.29, 0.717) is 10.5 Å². The van der Waals surface area contributed by atoms with Crippen molar-refractivity contribution in [3.8, 4) is 0 Å². The predicted molar refractivity (Wildman–Crippen MR) is 56.4 cm³/mol. The first-order valence-electron chi connectivity index (χ1n) is 4.32. The normalized spacial score (nSPS) is 10.2. The molecule has 0 aliphatic carbocycles. The van der Waals surface area contributed by atoms with Gasteiger partial charge in [-0.05, 0) is 18.2 Å². The van der Waals surface area contributed by atoms with Crippen molar-refractivity contribution < 1.29 is 9.90 Å². The van der Waals surface area contributed by atoms with Gasteiger partial charge in [0, 0.05) is 5.39 Å². The fraction of sp³-hybridized carbons (Fsp3) is 0. The minimum Gasteiger partial charge on any atom is -0.464 e. The van der Waals surface area contributed by atoms with Crippen molar-refractivity contribution in [3.05, 3.63) is 36.4 Å².